The minimum absolute atomic E-state index is 0.0944. The topological polar surface area (TPSA) is 36.8 Å². The molecule has 27 heavy (non-hydrogen) atoms. The Bertz CT molecular complexity index is 772. The molecule has 1 amide bonds. The summed E-state index contributed by atoms with van der Waals surface area (Å²) in [6, 6.07) is 16.1. The van der Waals surface area contributed by atoms with Crippen molar-refractivity contribution < 1.29 is 9.69 Å². The molecular weight excluding hydrogens is 358 g/mol. The van der Waals surface area contributed by atoms with Crippen molar-refractivity contribution in [3.63, 3.8) is 0 Å². The maximum atomic E-state index is 12.6. The van der Waals surface area contributed by atoms with E-state index in [1.54, 1.807) is 0 Å². The van der Waals surface area contributed by atoms with Gasteiger partial charge in [0.15, 0.2) is 6.54 Å². The van der Waals surface area contributed by atoms with Crippen LogP contribution in [0.4, 0.5) is 11.4 Å². The summed E-state index contributed by atoms with van der Waals surface area (Å²) < 4.78 is 0. The van der Waals surface area contributed by atoms with Crippen LogP contribution in [0.2, 0.25) is 5.02 Å². The van der Waals surface area contributed by atoms with E-state index in [-0.39, 0.29) is 5.91 Å². The predicted octanol–water partition coefficient (Wildman–Crippen LogP) is 3.20. The maximum Gasteiger partial charge on any atom is 0.279 e. The van der Waals surface area contributed by atoms with E-state index in [1.807, 2.05) is 36.4 Å². The van der Waals surface area contributed by atoms with Crippen molar-refractivity contribution in [1.82, 2.24) is 0 Å². The number of amides is 1. The Balaban J connectivity index is 1.53. The first-order chi connectivity index (χ1) is 13.1. The third-order valence-electron chi connectivity index (χ3n) is 5.43. The smallest absolute Gasteiger partial charge is 0.279 e. The van der Waals surface area contributed by atoms with E-state index in [4.69, 9.17) is 11.6 Å². The molecule has 1 saturated heterocycles. The fourth-order valence-electron chi connectivity index (χ4n) is 3.61. The summed E-state index contributed by atoms with van der Waals surface area (Å²) in [7, 11) is 0. The Morgan fingerprint density at radius 1 is 1.19 bits per heavy atom. The van der Waals surface area contributed by atoms with Crippen LogP contribution in [-0.4, -0.2) is 38.6 Å². The van der Waals surface area contributed by atoms with Crippen LogP contribution in [-0.2, 0) is 4.79 Å². The van der Waals surface area contributed by atoms with Gasteiger partial charge in [0.1, 0.15) is 0 Å². The van der Waals surface area contributed by atoms with Crippen LogP contribution >= 0.6 is 11.6 Å². The third kappa shape index (κ3) is 5.24. The fraction of sp³-hybridized carbons (Fsp3) is 0.409. The second-order valence-electron chi connectivity index (χ2n) is 7.34. The highest BCUT2D eigenvalue weighted by molar-refractivity contribution is 6.30. The lowest BCUT2D eigenvalue weighted by atomic mass is 9.97. The zero-order valence-corrected chi connectivity index (χ0v) is 16.9. The van der Waals surface area contributed by atoms with Gasteiger partial charge >= 0.3 is 0 Å². The van der Waals surface area contributed by atoms with E-state index in [2.05, 4.69) is 36.2 Å². The zero-order chi connectivity index (χ0) is 19.2. The molecule has 1 fully saturated rings. The van der Waals surface area contributed by atoms with Gasteiger partial charge in [0, 0.05) is 16.4 Å². The number of halogens is 1. The summed E-state index contributed by atoms with van der Waals surface area (Å²) in [5, 5.41) is 3.90. The molecule has 2 aromatic rings. The lowest BCUT2D eigenvalue weighted by Gasteiger charge is -2.33. The van der Waals surface area contributed by atoms with Crippen LogP contribution in [0.15, 0.2) is 48.5 Å². The van der Waals surface area contributed by atoms with E-state index in [9.17, 15) is 4.79 Å². The SMILES string of the molecule is CC[C@H](C)c1ccccc1NC(=O)C[NH+]1CCN(c2cccc(Cl)c2)CC1. The van der Waals surface area contributed by atoms with E-state index in [0.29, 0.717) is 12.5 Å². The number of anilines is 2. The molecular formula is C22H29ClN3O+. The standard InChI is InChI=1S/C22H28ClN3O/c1-3-17(2)20-9-4-5-10-21(20)24-22(27)16-25-11-13-26(14-12-25)19-8-6-7-18(23)15-19/h4-10,15,17H,3,11-14,16H2,1-2H3,(H,24,27)/p+1/t17-/m0/s1. The average molecular weight is 387 g/mol. The summed E-state index contributed by atoms with van der Waals surface area (Å²) >= 11 is 6.10. The van der Waals surface area contributed by atoms with E-state index in [1.165, 1.54) is 10.5 Å². The minimum atomic E-state index is 0.0944. The number of piperazine rings is 1. The third-order valence-corrected chi connectivity index (χ3v) is 5.67. The highest BCUT2D eigenvalue weighted by Gasteiger charge is 2.23. The van der Waals surface area contributed by atoms with Crippen molar-refractivity contribution >= 4 is 28.9 Å². The van der Waals surface area contributed by atoms with Crippen molar-refractivity contribution in [3.05, 3.63) is 59.1 Å². The van der Waals surface area contributed by atoms with Gasteiger partial charge in [0.05, 0.1) is 26.2 Å². The molecule has 1 heterocycles. The van der Waals surface area contributed by atoms with E-state index < -0.39 is 0 Å². The molecule has 0 bridgehead atoms. The normalized spacial score (nSPS) is 16.2. The highest BCUT2D eigenvalue weighted by Crippen LogP contribution is 2.26. The summed E-state index contributed by atoms with van der Waals surface area (Å²) in [6.07, 6.45) is 1.06. The van der Waals surface area contributed by atoms with Crippen LogP contribution in [0, 0.1) is 0 Å². The lowest BCUT2D eigenvalue weighted by Crippen LogP contribution is -3.15. The van der Waals surface area contributed by atoms with E-state index >= 15 is 0 Å². The lowest BCUT2D eigenvalue weighted by molar-refractivity contribution is -0.892. The van der Waals surface area contributed by atoms with Crippen molar-refractivity contribution in [2.45, 2.75) is 26.2 Å². The molecule has 0 aliphatic carbocycles. The second-order valence-corrected chi connectivity index (χ2v) is 7.77. The summed E-state index contributed by atoms with van der Waals surface area (Å²) in [4.78, 5) is 16.2. The molecule has 2 N–H and O–H groups in total. The summed E-state index contributed by atoms with van der Waals surface area (Å²) in [5.74, 6) is 0.534. The second kappa shape index (κ2) is 9.25. The molecule has 4 nitrogen and oxygen atoms in total. The Labute approximate surface area is 167 Å². The van der Waals surface area contributed by atoms with Gasteiger partial charge in [-0.1, -0.05) is 49.7 Å². The maximum absolute atomic E-state index is 12.6. The molecule has 0 saturated carbocycles. The Morgan fingerprint density at radius 2 is 1.93 bits per heavy atom. The number of carbonyl (C=O) groups excluding carboxylic acids is 1. The highest BCUT2D eigenvalue weighted by atomic mass is 35.5. The van der Waals surface area contributed by atoms with Crippen molar-refractivity contribution in [2.24, 2.45) is 0 Å². The molecule has 0 unspecified atom stereocenters. The van der Waals surface area contributed by atoms with Gasteiger partial charge < -0.3 is 15.1 Å². The van der Waals surface area contributed by atoms with Crippen LogP contribution in [0.5, 0.6) is 0 Å². The number of benzene rings is 2. The van der Waals surface area contributed by atoms with Crippen LogP contribution in [0.25, 0.3) is 0 Å². The van der Waals surface area contributed by atoms with Gasteiger partial charge in [-0.3, -0.25) is 4.79 Å². The monoisotopic (exact) mass is 386 g/mol. The Kier molecular flexibility index (Phi) is 6.75. The largest absolute Gasteiger partial charge is 0.360 e. The number of quaternary nitrogens is 1. The molecule has 2 aromatic carbocycles. The number of para-hydroxylation sites is 1. The predicted molar refractivity (Wildman–Crippen MR) is 113 cm³/mol. The van der Waals surface area contributed by atoms with Crippen LogP contribution in [0.3, 0.4) is 0 Å². The Morgan fingerprint density at radius 3 is 2.63 bits per heavy atom. The van der Waals surface area contributed by atoms with Gasteiger partial charge in [-0.05, 0) is 42.2 Å². The zero-order valence-electron chi connectivity index (χ0n) is 16.2. The number of hydrogen-bond donors (Lipinski definition) is 2. The molecule has 1 aliphatic rings. The Hall–Kier alpha value is -2.04. The first-order valence-corrected chi connectivity index (χ1v) is 10.2. The molecule has 5 heteroatoms. The fourth-order valence-corrected chi connectivity index (χ4v) is 3.80. The van der Waals surface area contributed by atoms with Crippen molar-refractivity contribution in [3.8, 4) is 0 Å². The average Bonchev–Trinajstić information content (AvgIpc) is 2.68. The van der Waals surface area contributed by atoms with Gasteiger partial charge in [0.25, 0.3) is 5.91 Å². The number of nitrogens with zero attached hydrogens (tertiary/aromatic N) is 1. The van der Waals surface area contributed by atoms with Crippen LogP contribution < -0.4 is 15.1 Å². The summed E-state index contributed by atoms with van der Waals surface area (Å²) in [5.41, 5.74) is 3.33. The molecule has 3 rings (SSSR count). The molecule has 0 radical (unpaired) electrons. The molecule has 1 atom stereocenters. The number of hydrogen-bond acceptors (Lipinski definition) is 2. The number of nitrogens with one attached hydrogen (secondary N) is 2. The van der Waals surface area contributed by atoms with Gasteiger partial charge in [-0.2, -0.15) is 0 Å². The van der Waals surface area contributed by atoms with Gasteiger partial charge in [-0.25, -0.2) is 0 Å². The van der Waals surface area contributed by atoms with E-state index in [0.717, 1.165) is 49.0 Å². The van der Waals surface area contributed by atoms with Crippen molar-refractivity contribution in [1.29, 1.82) is 0 Å². The molecule has 0 spiro atoms. The minimum Gasteiger partial charge on any atom is -0.360 e. The molecule has 0 aromatic heterocycles. The molecule has 144 valence electrons. The van der Waals surface area contributed by atoms with Gasteiger partial charge in [-0.15, -0.1) is 0 Å². The van der Waals surface area contributed by atoms with Crippen LogP contribution in [0.1, 0.15) is 31.7 Å². The summed E-state index contributed by atoms with van der Waals surface area (Å²) in [6.45, 7) is 8.66. The number of carbonyl (C=O) groups is 1. The first kappa shape index (κ1) is 19.7. The quantitative estimate of drug-likeness (QED) is 0.799. The van der Waals surface area contributed by atoms with Crippen molar-refractivity contribution in [2.75, 3.05) is 42.9 Å². The number of rotatable bonds is 6. The first-order valence-electron chi connectivity index (χ1n) is 9.79. The van der Waals surface area contributed by atoms with Gasteiger partial charge in [0.2, 0.25) is 0 Å². The molecule has 1 aliphatic heterocycles.